The van der Waals surface area contributed by atoms with Gasteiger partial charge >= 0.3 is 5.97 Å². The number of carbonyl (C=O) groups excluding carboxylic acids is 2. The number of carbonyl (C=O) groups is 3. The third-order valence-electron chi connectivity index (χ3n) is 4.14. The van der Waals surface area contributed by atoms with Crippen LogP contribution in [0.25, 0.3) is 0 Å². The smallest absolute Gasteiger partial charge is 0.326 e. The summed E-state index contributed by atoms with van der Waals surface area (Å²) < 4.78 is 0. The van der Waals surface area contributed by atoms with E-state index >= 15 is 0 Å². The highest BCUT2D eigenvalue weighted by atomic mass is 16.4. The van der Waals surface area contributed by atoms with Gasteiger partial charge in [0.2, 0.25) is 5.91 Å². The second-order valence-corrected chi connectivity index (χ2v) is 6.76. The molecule has 3 atom stereocenters. The Hall–Kier alpha value is -2.41. The molecule has 4 N–H and O–H groups in total. The number of amides is 2. The standard InChI is InChI=1S/C18H25N3O4/c1-11(2)8-15(18(24)25)21-17(23)14-9-13(10-19-14)20-16(22)12-6-4-3-5-7-12/h3-7,11,13-15,19H,8-10H2,1-2H3,(H,20,22)(H,21,23)(H,24,25)/t13-,14?,15+/m1/s1. The van der Waals surface area contributed by atoms with Gasteiger partial charge in [-0.1, -0.05) is 32.0 Å². The Morgan fingerprint density at radius 1 is 1.24 bits per heavy atom. The van der Waals surface area contributed by atoms with E-state index < -0.39 is 18.1 Å². The van der Waals surface area contributed by atoms with Gasteiger partial charge in [0, 0.05) is 18.2 Å². The first-order valence-electron chi connectivity index (χ1n) is 8.49. The molecule has 1 heterocycles. The van der Waals surface area contributed by atoms with E-state index in [0.29, 0.717) is 24.9 Å². The van der Waals surface area contributed by atoms with Crippen molar-refractivity contribution in [3.63, 3.8) is 0 Å². The number of aliphatic carboxylic acids is 1. The van der Waals surface area contributed by atoms with Gasteiger partial charge in [0.15, 0.2) is 0 Å². The molecule has 7 nitrogen and oxygen atoms in total. The highest BCUT2D eigenvalue weighted by Crippen LogP contribution is 2.11. The minimum atomic E-state index is -1.03. The SMILES string of the molecule is CC(C)C[C@H](NC(=O)C1C[C@@H](NC(=O)c2ccccc2)CN1)C(=O)O. The summed E-state index contributed by atoms with van der Waals surface area (Å²) in [5.74, 6) is -1.40. The first-order valence-corrected chi connectivity index (χ1v) is 8.49. The molecule has 1 aliphatic rings. The lowest BCUT2D eigenvalue weighted by atomic mass is 10.0. The van der Waals surface area contributed by atoms with Gasteiger partial charge in [-0.2, -0.15) is 0 Å². The van der Waals surface area contributed by atoms with Crippen molar-refractivity contribution >= 4 is 17.8 Å². The summed E-state index contributed by atoms with van der Waals surface area (Å²) in [6, 6.07) is 7.30. The van der Waals surface area contributed by atoms with Crippen LogP contribution in [0.3, 0.4) is 0 Å². The second-order valence-electron chi connectivity index (χ2n) is 6.76. The Morgan fingerprint density at radius 3 is 2.52 bits per heavy atom. The Balaban J connectivity index is 1.86. The molecule has 2 rings (SSSR count). The predicted molar refractivity (Wildman–Crippen MR) is 93.1 cm³/mol. The maximum atomic E-state index is 12.3. The van der Waals surface area contributed by atoms with Crippen LogP contribution in [-0.2, 0) is 9.59 Å². The highest BCUT2D eigenvalue weighted by Gasteiger charge is 2.32. The molecule has 1 saturated heterocycles. The Kier molecular flexibility index (Phi) is 6.52. The monoisotopic (exact) mass is 347 g/mol. The van der Waals surface area contributed by atoms with Gasteiger partial charge in [-0.3, -0.25) is 9.59 Å². The van der Waals surface area contributed by atoms with E-state index in [-0.39, 0.29) is 23.8 Å². The van der Waals surface area contributed by atoms with E-state index in [9.17, 15) is 19.5 Å². The third kappa shape index (κ3) is 5.56. The molecule has 0 bridgehead atoms. The summed E-state index contributed by atoms with van der Waals surface area (Å²) in [5, 5.41) is 17.7. The van der Waals surface area contributed by atoms with Crippen LogP contribution in [0.15, 0.2) is 30.3 Å². The minimum Gasteiger partial charge on any atom is -0.480 e. The topological polar surface area (TPSA) is 108 Å². The number of nitrogens with one attached hydrogen (secondary N) is 3. The minimum absolute atomic E-state index is 0.163. The van der Waals surface area contributed by atoms with Gasteiger partial charge in [-0.25, -0.2) is 4.79 Å². The number of benzene rings is 1. The van der Waals surface area contributed by atoms with Crippen molar-refractivity contribution in [1.29, 1.82) is 0 Å². The summed E-state index contributed by atoms with van der Waals surface area (Å²) in [4.78, 5) is 35.7. The first kappa shape index (κ1) is 18.9. The van der Waals surface area contributed by atoms with Crippen LogP contribution in [0.1, 0.15) is 37.0 Å². The van der Waals surface area contributed by atoms with Crippen LogP contribution >= 0.6 is 0 Å². The average molecular weight is 347 g/mol. The van der Waals surface area contributed by atoms with Crippen molar-refractivity contribution in [2.45, 2.75) is 44.8 Å². The highest BCUT2D eigenvalue weighted by molar-refractivity contribution is 5.94. The van der Waals surface area contributed by atoms with E-state index in [2.05, 4.69) is 16.0 Å². The van der Waals surface area contributed by atoms with Gasteiger partial charge in [0.25, 0.3) is 5.91 Å². The first-order chi connectivity index (χ1) is 11.9. The van der Waals surface area contributed by atoms with Crippen molar-refractivity contribution in [2.24, 2.45) is 5.92 Å². The number of hydrogen-bond donors (Lipinski definition) is 4. The number of carboxylic acids is 1. The van der Waals surface area contributed by atoms with Gasteiger partial charge < -0.3 is 21.1 Å². The Morgan fingerprint density at radius 2 is 1.92 bits per heavy atom. The van der Waals surface area contributed by atoms with Gasteiger partial charge in [0.1, 0.15) is 6.04 Å². The zero-order chi connectivity index (χ0) is 18.4. The largest absolute Gasteiger partial charge is 0.480 e. The number of carboxylic acid groups (broad SMARTS) is 1. The zero-order valence-corrected chi connectivity index (χ0v) is 14.5. The molecule has 136 valence electrons. The van der Waals surface area contributed by atoms with Crippen molar-refractivity contribution < 1.29 is 19.5 Å². The van der Waals surface area contributed by atoms with Gasteiger partial charge in [-0.05, 0) is 30.9 Å². The lowest BCUT2D eigenvalue weighted by Crippen LogP contribution is -2.48. The lowest BCUT2D eigenvalue weighted by Gasteiger charge is -2.19. The van der Waals surface area contributed by atoms with Gasteiger partial charge in [-0.15, -0.1) is 0 Å². The molecule has 1 unspecified atom stereocenters. The molecule has 25 heavy (non-hydrogen) atoms. The molecule has 2 amide bonds. The van der Waals surface area contributed by atoms with Crippen LogP contribution in [0.5, 0.6) is 0 Å². The zero-order valence-electron chi connectivity index (χ0n) is 14.5. The molecular weight excluding hydrogens is 322 g/mol. The summed E-state index contributed by atoms with van der Waals surface area (Å²) in [7, 11) is 0. The van der Waals surface area contributed by atoms with Crippen LogP contribution in [0.4, 0.5) is 0 Å². The molecule has 0 aromatic heterocycles. The van der Waals surface area contributed by atoms with Crippen molar-refractivity contribution in [2.75, 3.05) is 6.54 Å². The number of hydrogen-bond acceptors (Lipinski definition) is 4. The van der Waals surface area contributed by atoms with Gasteiger partial charge in [0.05, 0.1) is 6.04 Å². The summed E-state index contributed by atoms with van der Waals surface area (Å²) >= 11 is 0. The summed E-state index contributed by atoms with van der Waals surface area (Å²) in [6.07, 6.45) is 0.806. The second kappa shape index (κ2) is 8.62. The average Bonchev–Trinajstić information content (AvgIpc) is 3.03. The molecule has 0 saturated carbocycles. The fourth-order valence-electron chi connectivity index (χ4n) is 2.87. The van der Waals surface area contributed by atoms with Crippen LogP contribution in [0, 0.1) is 5.92 Å². The van der Waals surface area contributed by atoms with E-state index in [0.717, 1.165) is 0 Å². The number of rotatable bonds is 7. The predicted octanol–water partition coefficient (Wildman–Crippen LogP) is 0.762. The molecule has 1 aliphatic heterocycles. The molecule has 0 spiro atoms. The van der Waals surface area contributed by atoms with E-state index in [1.165, 1.54) is 0 Å². The lowest BCUT2D eigenvalue weighted by molar-refractivity contribution is -0.142. The maximum absolute atomic E-state index is 12.3. The summed E-state index contributed by atoms with van der Waals surface area (Å²) in [6.45, 7) is 4.29. The van der Waals surface area contributed by atoms with Crippen LogP contribution < -0.4 is 16.0 Å². The fraction of sp³-hybridized carbons (Fsp3) is 0.500. The Labute approximate surface area is 147 Å². The maximum Gasteiger partial charge on any atom is 0.326 e. The Bertz CT molecular complexity index is 618. The molecule has 7 heteroatoms. The van der Waals surface area contributed by atoms with Crippen molar-refractivity contribution in [3.05, 3.63) is 35.9 Å². The normalized spacial score (nSPS) is 20.9. The molecule has 1 fully saturated rings. The van der Waals surface area contributed by atoms with Crippen LogP contribution in [0.2, 0.25) is 0 Å². The van der Waals surface area contributed by atoms with Crippen LogP contribution in [-0.4, -0.2) is 47.6 Å². The molecule has 1 aromatic carbocycles. The quantitative estimate of drug-likeness (QED) is 0.583. The fourth-order valence-corrected chi connectivity index (χ4v) is 2.87. The van der Waals surface area contributed by atoms with Crippen molar-refractivity contribution in [3.8, 4) is 0 Å². The van der Waals surface area contributed by atoms with Crippen molar-refractivity contribution in [1.82, 2.24) is 16.0 Å². The summed E-state index contributed by atoms with van der Waals surface area (Å²) in [5.41, 5.74) is 0.568. The molecule has 1 aromatic rings. The molecule has 0 aliphatic carbocycles. The third-order valence-corrected chi connectivity index (χ3v) is 4.14. The van der Waals surface area contributed by atoms with E-state index in [4.69, 9.17) is 0 Å². The molecule has 0 radical (unpaired) electrons. The molecular formula is C18H25N3O4. The van der Waals surface area contributed by atoms with E-state index in [1.807, 2.05) is 19.9 Å². The van der Waals surface area contributed by atoms with E-state index in [1.54, 1.807) is 24.3 Å².